The lowest BCUT2D eigenvalue weighted by atomic mass is 10.2. The summed E-state index contributed by atoms with van der Waals surface area (Å²) in [6.45, 7) is 0. The van der Waals surface area contributed by atoms with Crippen molar-refractivity contribution in [1.82, 2.24) is 9.97 Å². The molecular formula is C15H14F2N4O3S. The molecule has 0 spiro atoms. The van der Waals surface area contributed by atoms with Crippen LogP contribution in [-0.4, -0.2) is 41.8 Å². The fourth-order valence-electron chi connectivity index (χ4n) is 2.44. The van der Waals surface area contributed by atoms with Crippen LogP contribution in [-0.2, 0) is 9.84 Å². The fourth-order valence-corrected chi connectivity index (χ4v) is 4.11. The van der Waals surface area contributed by atoms with Crippen LogP contribution in [0.2, 0.25) is 0 Å². The molecule has 1 aliphatic rings. The smallest absolute Gasteiger partial charge is 0.274 e. The van der Waals surface area contributed by atoms with Crippen molar-refractivity contribution in [2.45, 2.75) is 12.5 Å². The van der Waals surface area contributed by atoms with E-state index in [4.69, 9.17) is 0 Å². The highest BCUT2D eigenvalue weighted by Crippen LogP contribution is 2.19. The van der Waals surface area contributed by atoms with Gasteiger partial charge in [0.25, 0.3) is 5.91 Å². The molecule has 10 heteroatoms. The van der Waals surface area contributed by atoms with Gasteiger partial charge in [0.2, 0.25) is 5.95 Å². The monoisotopic (exact) mass is 368 g/mol. The van der Waals surface area contributed by atoms with Crippen LogP contribution in [0.3, 0.4) is 0 Å². The number of anilines is 2. The Morgan fingerprint density at radius 2 is 1.92 bits per heavy atom. The Labute approximate surface area is 142 Å². The van der Waals surface area contributed by atoms with E-state index in [1.165, 1.54) is 18.3 Å². The topological polar surface area (TPSA) is 101 Å². The molecule has 1 unspecified atom stereocenters. The molecule has 1 aliphatic heterocycles. The molecule has 3 rings (SSSR count). The van der Waals surface area contributed by atoms with Crippen molar-refractivity contribution in [3.05, 3.63) is 47.8 Å². The predicted octanol–water partition coefficient (Wildman–Crippen LogP) is 1.61. The highest BCUT2D eigenvalue weighted by Gasteiger charge is 2.28. The number of benzene rings is 1. The summed E-state index contributed by atoms with van der Waals surface area (Å²) < 4.78 is 50.1. The van der Waals surface area contributed by atoms with E-state index in [9.17, 15) is 22.0 Å². The molecular weight excluding hydrogens is 354 g/mol. The van der Waals surface area contributed by atoms with Crippen LogP contribution in [0, 0.1) is 11.6 Å². The van der Waals surface area contributed by atoms with E-state index in [2.05, 4.69) is 20.6 Å². The van der Waals surface area contributed by atoms with Gasteiger partial charge >= 0.3 is 0 Å². The number of nitrogens with one attached hydrogen (secondary N) is 2. The average molecular weight is 368 g/mol. The van der Waals surface area contributed by atoms with Crippen molar-refractivity contribution < 1.29 is 22.0 Å². The summed E-state index contributed by atoms with van der Waals surface area (Å²) in [4.78, 5) is 20.0. The summed E-state index contributed by atoms with van der Waals surface area (Å²) in [5, 5.41) is 4.97. The molecule has 1 aromatic carbocycles. The molecule has 2 N–H and O–H groups in total. The molecule has 2 heterocycles. The van der Waals surface area contributed by atoms with Crippen LogP contribution in [0.5, 0.6) is 0 Å². The Morgan fingerprint density at radius 1 is 1.20 bits per heavy atom. The Hall–Kier alpha value is -2.62. The second kappa shape index (κ2) is 6.71. The number of halogens is 2. The van der Waals surface area contributed by atoms with Crippen molar-refractivity contribution in [3.8, 4) is 0 Å². The zero-order chi connectivity index (χ0) is 18.0. The molecule has 1 saturated heterocycles. The molecule has 2 aromatic rings. The predicted molar refractivity (Wildman–Crippen MR) is 87.0 cm³/mol. The van der Waals surface area contributed by atoms with Gasteiger partial charge in [0.1, 0.15) is 23.0 Å². The summed E-state index contributed by atoms with van der Waals surface area (Å²) in [6.07, 6.45) is 1.72. The lowest BCUT2D eigenvalue weighted by Gasteiger charge is -2.11. The van der Waals surface area contributed by atoms with Gasteiger partial charge in [-0.3, -0.25) is 4.79 Å². The van der Waals surface area contributed by atoms with E-state index in [0.29, 0.717) is 6.42 Å². The van der Waals surface area contributed by atoms with Crippen molar-refractivity contribution in [2.24, 2.45) is 0 Å². The number of hydrogen-bond donors (Lipinski definition) is 2. The molecule has 25 heavy (non-hydrogen) atoms. The lowest BCUT2D eigenvalue weighted by Crippen LogP contribution is -2.23. The number of aromatic nitrogens is 2. The SMILES string of the molecule is O=C(Nc1c(F)cccc1F)c1ccnc(NC2CCS(=O)(=O)C2)n1. The third-order valence-corrected chi connectivity index (χ3v) is 5.42. The highest BCUT2D eigenvalue weighted by atomic mass is 32.2. The third-order valence-electron chi connectivity index (χ3n) is 3.66. The third kappa shape index (κ3) is 4.08. The number of para-hydroxylation sites is 1. The normalized spacial score (nSPS) is 18.7. The Bertz CT molecular complexity index is 900. The van der Waals surface area contributed by atoms with E-state index in [0.717, 1.165) is 12.1 Å². The van der Waals surface area contributed by atoms with Gasteiger partial charge in [-0.05, 0) is 24.6 Å². The lowest BCUT2D eigenvalue weighted by molar-refractivity contribution is 0.102. The first-order chi connectivity index (χ1) is 11.8. The summed E-state index contributed by atoms with van der Waals surface area (Å²) in [7, 11) is -3.07. The Morgan fingerprint density at radius 3 is 2.56 bits per heavy atom. The van der Waals surface area contributed by atoms with Gasteiger partial charge in [0, 0.05) is 12.2 Å². The number of carbonyl (C=O) groups excluding carboxylic acids is 1. The number of sulfone groups is 1. The molecule has 1 atom stereocenters. The zero-order valence-electron chi connectivity index (χ0n) is 12.9. The summed E-state index contributed by atoms with van der Waals surface area (Å²) in [5.41, 5.74) is -0.677. The summed E-state index contributed by atoms with van der Waals surface area (Å²) in [5.74, 6) is -2.50. The minimum Gasteiger partial charge on any atom is -0.350 e. The molecule has 132 valence electrons. The van der Waals surface area contributed by atoms with Gasteiger partial charge in [-0.25, -0.2) is 27.2 Å². The molecule has 0 bridgehead atoms. The van der Waals surface area contributed by atoms with E-state index in [-0.39, 0.29) is 29.2 Å². The van der Waals surface area contributed by atoms with Gasteiger partial charge < -0.3 is 10.6 Å². The van der Waals surface area contributed by atoms with Gasteiger partial charge in [-0.1, -0.05) is 6.07 Å². The number of nitrogens with zero attached hydrogens (tertiary/aromatic N) is 2. The molecule has 0 saturated carbocycles. The maximum Gasteiger partial charge on any atom is 0.274 e. The second-order valence-electron chi connectivity index (χ2n) is 5.56. The van der Waals surface area contributed by atoms with Gasteiger partial charge in [-0.2, -0.15) is 0 Å². The Kier molecular flexibility index (Phi) is 4.62. The molecule has 1 aromatic heterocycles. The first-order valence-electron chi connectivity index (χ1n) is 7.39. The van der Waals surface area contributed by atoms with E-state index in [1.807, 2.05) is 0 Å². The van der Waals surface area contributed by atoms with Crippen molar-refractivity contribution in [1.29, 1.82) is 0 Å². The van der Waals surface area contributed by atoms with Crippen LogP contribution in [0.1, 0.15) is 16.9 Å². The average Bonchev–Trinajstić information content (AvgIpc) is 2.90. The van der Waals surface area contributed by atoms with Crippen molar-refractivity contribution in [3.63, 3.8) is 0 Å². The minimum absolute atomic E-state index is 0.0345. The largest absolute Gasteiger partial charge is 0.350 e. The molecule has 1 amide bonds. The first-order valence-corrected chi connectivity index (χ1v) is 9.21. The van der Waals surface area contributed by atoms with E-state index >= 15 is 0 Å². The fraction of sp³-hybridized carbons (Fsp3) is 0.267. The van der Waals surface area contributed by atoms with Crippen LogP contribution in [0.15, 0.2) is 30.5 Å². The van der Waals surface area contributed by atoms with E-state index in [1.54, 1.807) is 0 Å². The van der Waals surface area contributed by atoms with Gasteiger partial charge in [0.15, 0.2) is 9.84 Å². The quantitative estimate of drug-likeness (QED) is 0.850. The second-order valence-corrected chi connectivity index (χ2v) is 7.79. The van der Waals surface area contributed by atoms with Crippen LogP contribution in [0.4, 0.5) is 20.4 Å². The molecule has 0 radical (unpaired) electrons. The minimum atomic E-state index is -3.07. The zero-order valence-corrected chi connectivity index (χ0v) is 13.7. The number of rotatable bonds is 4. The van der Waals surface area contributed by atoms with Crippen molar-refractivity contribution in [2.75, 3.05) is 22.1 Å². The number of carbonyl (C=O) groups is 1. The van der Waals surface area contributed by atoms with Crippen LogP contribution >= 0.6 is 0 Å². The van der Waals surface area contributed by atoms with E-state index < -0.39 is 33.1 Å². The summed E-state index contributed by atoms with van der Waals surface area (Å²) in [6, 6.07) is 4.17. The van der Waals surface area contributed by atoms with Gasteiger partial charge in [-0.15, -0.1) is 0 Å². The van der Waals surface area contributed by atoms with Crippen molar-refractivity contribution >= 4 is 27.4 Å². The number of amides is 1. The summed E-state index contributed by atoms with van der Waals surface area (Å²) >= 11 is 0. The van der Waals surface area contributed by atoms with Crippen LogP contribution < -0.4 is 10.6 Å². The molecule has 1 fully saturated rings. The maximum atomic E-state index is 13.6. The van der Waals surface area contributed by atoms with Gasteiger partial charge in [0.05, 0.1) is 11.5 Å². The van der Waals surface area contributed by atoms with Crippen LogP contribution in [0.25, 0.3) is 0 Å². The molecule has 7 nitrogen and oxygen atoms in total. The maximum absolute atomic E-state index is 13.6. The number of hydrogen-bond acceptors (Lipinski definition) is 6. The molecule has 0 aliphatic carbocycles. The highest BCUT2D eigenvalue weighted by molar-refractivity contribution is 7.91. The first kappa shape index (κ1) is 17.2. The Balaban J connectivity index is 1.74. The standard InChI is InChI=1S/C15H14F2N4O3S/c16-10-2-1-3-11(17)13(10)21-14(22)12-4-6-18-15(20-12)19-9-5-7-25(23,24)8-9/h1-4,6,9H,5,7-8H2,(H,21,22)(H,18,19,20).